The van der Waals surface area contributed by atoms with E-state index in [0.29, 0.717) is 6.42 Å². The second-order valence-electron chi connectivity index (χ2n) is 3.85. The molecule has 0 saturated heterocycles. The fraction of sp³-hybridized carbons (Fsp3) is 0.583. The van der Waals surface area contributed by atoms with Gasteiger partial charge in [0.15, 0.2) is 0 Å². The number of aryl methyl sites for hydroxylation is 1. The highest BCUT2D eigenvalue weighted by molar-refractivity contribution is 7.07. The first-order chi connectivity index (χ1) is 7.24. The average Bonchev–Trinajstić information content (AvgIpc) is 2.75. The summed E-state index contributed by atoms with van der Waals surface area (Å²) in [5.74, 6) is 0.203. The smallest absolute Gasteiger partial charge is 0.149 e. The number of rotatable bonds is 7. The quantitative estimate of drug-likeness (QED) is 0.775. The monoisotopic (exact) mass is 225 g/mol. The molecule has 15 heavy (non-hydrogen) atoms. The summed E-state index contributed by atoms with van der Waals surface area (Å²) in [5.41, 5.74) is 7.04. The van der Waals surface area contributed by atoms with Gasteiger partial charge in [0.05, 0.1) is 6.04 Å². The average molecular weight is 225 g/mol. The van der Waals surface area contributed by atoms with Crippen molar-refractivity contribution in [1.82, 2.24) is 0 Å². The van der Waals surface area contributed by atoms with Gasteiger partial charge in [0.1, 0.15) is 5.78 Å². The van der Waals surface area contributed by atoms with Crippen LogP contribution in [0.1, 0.15) is 38.2 Å². The Bertz CT molecular complexity index is 282. The number of thiophene rings is 1. The Morgan fingerprint density at radius 1 is 1.60 bits per heavy atom. The first-order valence-corrected chi connectivity index (χ1v) is 6.47. The van der Waals surface area contributed by atoms with Gasteiger partial charge in [-0.25, -0.2) is 0 Å². The molecule has 1 rings (SSSR count). The van der Waals surface area contributed by atoms with Gasteiger partial charge in [-0.15, -0.1) is 0 Å². The lowest BCUT2D eigenvalue weighted by atomic mass is 10.0. The van der Waals surface area contributed by atoms with Crippen LogP contribution in [0.15, 0.2) is 16.8 Å². The van der Waals surface area contributed by atoms with Crippen LogP contribution in [-0.4, -0.2) is 11.8 Å². The Labute approximate surface area is 95.5 Å². The second-order valence-corrected chi connectivity index (χ2v) is 4.63. The van der Waals surface area contributed by atoms with Crippen molar-refractivity contribution in [2.24, 2.45) is 5.73 Å². The number of carbonyl (C=O) groups is 1. The summed E-state index contributed by atoms with van der Waals surface area (Å²) in [6.45, 7) is 2.11. The van der Waals surface area contributed by atoms with Crippen molar-refractivity contribution in [2.45, 2.75) is 45.1 Å². The third-order valence-corrected chi connectivity index (χ3v) is 3.25. The van der Waals surface area contributed by atoms with Crippen LogP contribution in [-0.2, 0) is 11.2 Å². The zero-order chi connectivity index (χ0) is 11.1. The van der Waals surface area contributed by atoms with Crippen molar-refractivity contribution < 1.29 is 4.79 Å². The molecule has 1 unspecified atom stereocenters. The van der Waals surface area contributed by atoms with E-state index in [0.717, 1.165) is 25.7 Å². The van der Waals surface area contributed by atoms with Gasteiger partial charge < -0.3 is 5.73 Å². The summed E-state index contributed by atoms with van der Waals surface area (Å²) >= 11 is 1.67. The molecule has 1 atom stereocenters. The van der Waals surface area contributed by atoms with Crippen LogP contribution < -0.4 is 5.73 Å². The molecular weight excluding hydrogens is 206 g/mol. The summed E-state index contributed by atoms with van der Waals surface area (Å²) < 4.78 is 0. The van der Waals surface area contributed by atoms with E-state index in [-0.39, 0.29) is 11.8 Å². The first kappa shape index (κ1) is 12.4. The summed E-state index contributed by atoms with van der Waals surface area (Å²) in [7, 11) is 0. The molecule has 0 bridgehead atoms. The zero-order valence-electron chi connectivity index (χ0n) is 9.24. The minimum Gasteiger partial charge on any atom is -0.322 e. The van der Waals surface area contributed by atoms with Gasteiger partial charge in [0, 0.05) is 6.42 Å². The second kappa shape index (κ2) is 6.75. The van der Waals surface area contributed by atoms with Crippen molar-refractivity contribution >= 4 is 17.1 Å². The standard InChI is InChI=1S/C12H19NOS/c1-2-3-4-11(13)12(14)6-5-10-7-8-15-9-10/h7-9,11H,2-6,13H2,1H3. The van der Waals surface area contributed by atoms with Gasteiger partial charge in [-0.3, -0.25) is 4.79 Å². The molecule has 3 heteroatoms. The molecule has 0 aliphatic carbocycles. The SMILES string of the molecule is CCCCC(N)C(=O)CCc1ccsc1. The molecule has 84 valence electrons. The van der Waals surface area contributed by atoms with Crippen molar-refractivity contribution in [3.8, 4) is 0 Å². The van der Waals surface area contributed by atoms with E-state index in [9.17, 15) is 4.79 Å². The number of nitrogens with two attached hydrogens (primary N) is 1. The van der Waals surface area contributed by atoms with Crippen molar-refractivity contribution in [3.63, 3.8) is 0 Å². The number of hydrogen-bond donors (Lipinski definition) is 1. The zero-order valence-corrected chi connectivity index (χ0v) is 10.1. The topological polar surface area (TPSA) is 43.1 Å². The van der Waals surface area contributed by atoms with E-state index in [1.54, 1.807) is 11.3 Å². The van der Waals surface area contributed by atoms with E-state index < -0.39 is 0 Å². The fourth-order valence-corrected chi connectivity index (χ4v) is 2.18. The molecule has 2 N–H and O–H groups in total. The van der Waals surface area contributed by atoms with Crippen molar-refractivity contribution in [2.75, 3.05) is 0 Å². The molecule has 1 heterocycles. The molecule has 0 amide bonds. The summed E-state index contributed by atoms with van der Waals surface area (Å²) in [6, 6.07) is 1.82. The summed E-state index contributed by atoms with van der Waals surface area (Å²) in [5, 5.41) is 4.13. The molecule has 0 aliphatic heterocycles. The normalized spacial score (nSPS) is 12.7. The van der Waals surface area contributed by atoms with Gasteiger partial charge in [0.25, 0.3) is 0 Å². The Morgan fingerprint density at radius 2 is 2.40 bits per heavy atom. The van der Waals surface area contributed by atoms with Gasteiger partial charge in [-0.1, -0.05) is 19.8 Å². The van der Waals surface area contributed by atoms with E-state index in [1.165, 1.54) is 5.56 Å². The third-order valence-electron chi connectivity index (χ3n) is 2.52. The van der Waals surface area contributed by atoms with Crippen molar-refractivity contribution in [3.05, 3.63) is 22.4 Å². The van der Waals surface area contributed by atoms with E-state index >= 15 is 0 Å². The van der Waals surface area contributed by atoms with Gasteiger partial charge in [-0.05, 0) is 35.2 Å². The maximum absolute atomic E-state index is 11.6. The Morgan fingerprint density at radius 3 is 3.00 bits per heavy atom. The Kier molecular flexibility index (Phi) is 5.58. The highest BCUT2D eigenvalue weighted by Gasteiger charge is 2.12. The van der Waals surface area contributed by atoms with Crippen LogP contribution in [0.3, 0.4) is 0 Å². The number of hydrogen-bond acceptors (Lipinski definition) is 3. The van der Waals surface area contributed by atoms with E-state index in [2.05, 4.69) is 18.4 Å². The molecule has 2 nitrogen and oxygen atoms in total. The minimum absolute atomic E-state index is 0.203. The molecule has 0 aliphatic rings. The van der Waals surface area contributed by atoms with Crippen LogP contribution in [0.2, 0.25) is 0 Å². The molecule has 0 aromatic carbocycles. The molecule has 0 fully saturated rings. The molecule has 1 aromatic rings. The lowest BCUT2D eigenvalue weighted by Gasteiger charge is -2.08. The predicted octanol–water partition coefficient (Wildman–Crippen LogP) is 2.77. The molecule has 0 saturated carbocycles. The van der Waals surface area contributed by atoms with Gasteiger partial charge >= 0.3 is 0 Å². The minimum atomic E-state index is -0.247. The lowest BCUT2D eigenvalue weighted by Crippen LogP contribution is -2.30. The molecule has 0 spiro atoms. The Balaban J connectivity index is 2.23. The fourth-order valence-electron chi connectivity index (χ4n) is 1.47. The highest BCUT2D eigenvalue weighted by Crippen LogP contribution is 2.10. The van der Waals surface area contributed by atoms with Crippen LogP contribution in [0.5, 0.6) is 0 Å². The Hall–Kier alpha value is -0.670. The number of unbranched alkanes of at least 4 members (excludes halogenated alkanes) is 1. The maximum atomic E-state index is 11.6. The predicted molar refractivity (Wildman–Crippen MR) is 65.1 cm³/mol. The van der Waals surface area contributed by atoms with Crippen LogP contribution in [0, 0.1) is 0 Å². The van der Waals surface area contributed by atoms with Crippen LogP contribution in [0.4, 0.5) is 0 Å². The van der Waals surface area contributed by atoms with Crippen molar-refractivity contribution in [1.29, 1.82) is 0 Å². The summed E-state index contributed by atoms with van der Waals surface area (Å²) in [6.07, 6.45) is 4.40. The number of Topliss-reactive ketones (excluding diaryl/α,β-unsaturated/α-hetero) is 1. The molecular formula is C12H19NOS. The largest absolute Gasteiger partial charge is 0.322 e. The number of carbonyl (C=O) groups excluding carboxylic acids is 1. The van der Waals surface area contributed by atoms with Crippen LogP contribution in [0.25, 0.3) is 0 Å². The number of ketones is 1. The maximum Gasteiger partial charge on any atom is 0.149 e. The first-order valence-electron chi connectivity index (χ1n) is 5.53. The summed E-state index contributed by atoms with van der Waals surface area (Å²) in [4.78, 5) is 11.6. The third kappa shape index (κ3) is 4.58. The van der Waals surface area contributed by atoms with Gasteiger partial charge in [0.2, 0.25) is 0 Å². The van der Waals surface area contributed by atoms with Crippen LogP contribution >= 0.6 is 11.3 Å². The lowest BCUT2D eigenvalue weighted by molar-refractivity contribution is -0.120. The van der Waals surface area contributed by atoms with E-state index in [4.69, 9.17) is 5.73 Å². The molecule has 0 radical (unpaired) electrons. The van der Waals surface area contributed by atoms with Gasteiger partial charge in [-0.2, -0.15) is 11.3 Å². The molecule has 1 aromatic heterocycles. The highest BCUT2D eigenvalue weighted by atomic mass is 32.1. The van der Waals surface area contributed by atoms with E-state index in [1.807, 2.05) is 5.38 Å².